The molecular formula is C23H27N3OS. The number of nitrogens with zero attached hydrogens (tertiary/aromatic N) is 3. The molecule has 2 aliphatic rings. The predicted octanol–water partition coefficient (Wildman–Crippen LogP) is 4.73. The van der Waals surface area contributed by atoms with Gasteiger partial charge in [-0.25, -0.2) is 4.68 Å². The van der Waals surface area contributed by atoms with Gasteiger partial charge in [0.15, 0.2) is 0 Å². The smallest absolute Gasteiger partial charge is 0.107 e. The van der Waals surface area contributed by atoms with Crippen LogP contribution in [0.2, 0.25) is 0 Å². The number of rotatable bonds is 4. The molecular weight excluding hydrogens is 366 g/mol. The van der Waals surface area contributed by atoms with Crippen molar-refractivity contribution in [3.63, 3.8) is 0 Å². The average molecular weight is 394 g/mol. The van der Waals surface area contributed by atoms with E-state index in [4.69, 9.17) is 5.10 Å². The maximum Gasteiger partial charge on any atom is 0.107 e. The Morgan fingerprint density at radius 3 is 2.71 bits per heavy atom. The highest BCUT2D eigenvalue weighted by Gasteiger charge is 2.44. The Bertz CT molecular complexity index is 921. The van der Waals surface area contributed by atoms with E-state index in [2.05, 4.69) is 52.9 Å². The second-order valence-electron chi connectivity index (χ2n) is 8.34. The Labute approximate surface area is 170 Å². The van der Waals surface area contributed by atoms with Crippen molar-refractivity contribution in [3.8, 4) is 16.3 Å². The van der Waals surface area contributed by atoms with Crippen LogP contribution in [-0.4, -0.2) is 39.0 Å². The highest BCUT2D eigenvalue weighted by molar-refractivity contribution is 7.13. The summed E-state index contributed by atoms with van der Waals surface area (Å²) < 4.78 is 2.01. The average Bonchev–Trinajstić information content (AvgIpc) is 3.45. The lowest BCUT2D eigenvalue weighted by Gasteiger charge is -2.42. The van der Waals surface area contributed by atoms with Gasteiger partial charge in [0.1, 0.15) is 5.69 Å². The molecule has 2 fully saturated rings. The van der Waals surface area contributed by atoms with Gasteiger partial charge in [0.25, 0.3) is 0 Å². The molecule has 1 spiro atoms. The molecule has 3 heterocycles. The molecule has 0 unspecified atom stereocenters. The molecule has 1 saturated carbocycles. The van der Waals surface area contributed by atoms with Crippen molar-refractivity contribution in [2.75, 3.05) is 13.1 Å². The van der Waals surface area contributed by atoms with Crippen molar-refractivity contribution in [3.05, 3.63) is 59.6 Å². The zero-order valence-electron chi connectivity index (χ0n) is 16.1. The number of aliphatic hydroxyl groups is 1. The lowest BCUT2D eigenvalue weighted by Crippen LogP contribution is -2.46. The number of likely N-dealkylation sites (tertiary alicyclic amines) is 1. The summed E-state index contributed by atoms with van der Waals surface area (Å²) in [5, 5.41) is 17.7. The first kappa shape index (κ1) is 18.1. The molecule has 1 saturated heterocycles. The minimum absolute atomic E-state index is 0.122. The molecule has 28 heavy (non-hydrogen) atoms. The summed E-state index contributed by atoms with van der Waals surface area (Å²) in [4.78, 5) is 3.76. The number of piperidine rings is 1. The molecule has 2 atom stereocenters. The standard InChI is InChI=1S/C23H27N3OS/c27-21-10-4-11-23(21)12-6-13-25(17-23)15-18-16-26(19-7-2-1-3-8-19)24-22(18)20-9-5-14-28-20/h1-3,5,7-9,14,16,21,27H,4,6,10-13,15,17H2/t21-,23+/m1/s1. The summed E-state index contributed by atoms with van der Waals surface area (Å²) in [6, 6.07) is 14.6. The molecule has 1 N–H and O–H groups in total. The largest absolute Gasteiger partial charge is 0.393 e. The van der Waals surface area contributed by atoms with E-state index in [0.29, 0.717) is 0 Å². The van der Waals surface area contributed by atoms with Crippen LogP contribution in [0.25, 0.3) is 16.3 Å². The van der Waals surface area contributed by atoms with E-state index in [9.17, 15) is 5.11 Å². The molecule has 0 radical (unpaired) electrons. The fourth-order valence-electron chi connectivity index (χ4n) is 5.09. The van der Waals surface area contributed by atoms with Crippen LogP contribution in [-0.2, 0) is 6.54 Å². The van der Waals surface area contributed by atoms with Crippen LogP contribution in [0.5, 0.6) is 0 Å². The third-order valence-corrected chi connectivity index (χ3v) is 7.38. The van der Waals surface area contributed by atoms with Gasteiger partial charge in [-0.1, -0.05) is 30.7 Å². The summed E-state index contributed by atoms with van der Waals surface area (Å²) in [5.74, 6) is 0. The van der Waals surface area contributed by atoms with Crippen molar-refractivity contribution in [1.29, 1.82) is 0 Å². The molecule has 5 heteroatoms. The topological polar surface area (TPSA) is 41.3 Å². The first-order chi connectivity index (χ1) is 13.7. The third-order valence-electron chi connectivity index (χ3n) is 6.51. The van der Waals surface area contributed by atoms with Gasteiger partial charge < -0.3 is 5.11 Å². The normalized spacial score (nSPS) is 25.5. The third kappa shape index (κ3) is 3.32. The maximum absolute atomic E-state index is 10.6. The highest BCUT2D eigenvalue weighted by Crippen LogP contribution is 2.45. The van der Waals surface area contributed by atoms with Crippen molar-refractivity contribution >= 4 is 11.3 Å². The second-order valence-corrected chi connectivity index (χ2v) is 9.29. The van der Waals surface area contributed by atoms with Gasteiger partial charge in [-0.2, -0.15) is 5.10 Å². The molecule has 4 nitrogen and oxygen atoms in total. The van der Waals surface area contributed by atoms with Crippen LogP contribution in [0.3, 0.4) is 0 Å². The van der Waals surface area contributed by atoms with Crippen LogP contribution < -0.4 is 0 Å². The van der Waals surface area contributed by atoms with Gasteiger partial charge in [0.2, 0.25) is 0 Å². The van der Waals surface area contributed by atoms with E-state index in [1.165, 1.54) is 36.1 Å². The minimum Gasteiger partial charge on any atom is -0.393 e. The molecule has 0 amide bonds. The van der Waals surface area contributed by atoms with Gasteiger partial charge >= 0.3 is 0 Å². The monoisotopic (exact) mass is 393 g/mol. The van der Waals surface area contributed by atoms with Crippen molar-refractivity contribution in [2.24, 2.45) is 5.41 Å². The lowest BCUT2D eigenvalue weighted by molar-refractivity contribution is -0.0119. The maximum atomic E-state index is 10.6. The molecule has 1 aliphatic heterocycles. The number of benzene rings is 1. The zero-order chi connectivity index (χ0) is 19.0. The molecule has 2 aromatic heterocycles. The number of para-hydroxylation sites is 1. The number of aliphatic hydroxyl groups excluding tert-OH is 1. The summed E-state index contributed by atoms with van der Waals surface area (Å²) in [5.41, 5.74) is 3.57. The van der Waals surface area contributed by atoms with E-state index in [0.717, 1.165) is 37.4 Å². The zero-order valence-corrected chi connectivity index (χ0v) is 16.9. The summed E-state index contributed by atoms with van der Waals surface area (Å²) in [6.45, 7) is 3.01. The van der Waals surface area contributed by atoms with Crippen LogP contribution in [0, 0.1) is 5.41 Å². The summed E-state index contributed by atoms with van der Waals surface area (Å²) in [6.07, 6.45) is 7.73. The summed E-state index contributed by atoms with van der Waals surface area (Å²) in [7, 11) is 0. The molecule has 0 bridgehead atoms. The first-order valence-electron chi connectivity index (χ1n) is 10.3. The molecule has 3 aromatic rings. The fourth-order valence-corrected chi connectivity index (χ4v) is 5.83. The first-order valence-corrected chi connectivity index (χ1v) is 11.2. The van der Waals surface area contributed by atoms with E-state index in [1.807, 2.05) is 10.7 Å². The van der Waals surface area contributed by atoms with E-state index in [1.54, 1.807) is 11.3 Å². The van der Waals surface area contributed by atoms with Gasteiger partial charge in [0.05, 0.1) is 16.7 Å². The fraction of sp³-hybridized carbons (Fsp3) is 0.435. The van der Waals surface area contributed by atoms with Crippen molar-refractivity contribution in [1.82, 2.24) is 14.7 Å². The van der Waals surface area contributed by atoms with Crippen LogP contribution in [0.1, 0.15) is 37.7 Å². The van der Waals surface area contributed by atoms with Crippen molar-refractivity contribution in [2.45, 2.75) is 44.8 Å². The predicted molar refractivity (Wildman–Crippen MR) is 114 cm³/mol. The van der Waals surface area contributed by atoms with Gasteiger partial charge in [-0.3, -0.25) is 4.90 Å². The SMILES string of the molecule is O[C@@H]1CCC[C@@]12CCCN(Cc1cn(-c3ccccc3)nc1-c1cccs1)C2. The molecule has 5 rings (SSSR count). The number of aromatic nitrogens is 2. The van der Waals surface area contributed by atoms with Crippen LogP contribution >= 0.6 is 11.3 Å². The second kappa shape index (κ2) is 7.47. The minimum atomic E-state index is -0.126. The Kier molecular flexibility index (Phi) is 4.83. The van der Waals surface area contributed by atoms with Crippen LogP contribution in [0.4, 0.5) is 0 Å². The van der Waals surface area contributed by atoms with Gasteiger partial charge in [-0.05, 0) is 55.8 Å². The Balaban J connectivity index is 1.45. The molecule has 146 valence electrons. The highest BCUT2D eigenvalue weighted by atomic mass is 32.1. The van der Waals surface area contributed by atoms with Gasteiger partial charge in [0, 0.05) is 30.3 Å². The van der Waals surface area contributed by atoms with Crippen LogP contribution in [0.15, 0.2) is 54.0 Å². The molecule has 1 aromatic carbocycles. The van der Waals surface area contributed by atoms with E-state index in [-0.39, 0.29) is 11.5 Å². The van der Waals surface area contributed by atoms with Crippen molar-refractivity contribution < 1.29 is 5.11 Å². The Morgan fingerprint density at radius 1 is 1.11 bits per heavy atom. The Morgan fingerprint density at radius 2 is 1.96 bits per heavy atom. The summed E-state index contributed by atoms with van der Waals surface area (Å²) >= 11 is 1.75. The van der Waals surface area contributed by atoms with E-state index >= 15 is 0 Å². The quantitative estimate of drug-likeness (QED) is 0.697. The van der Waals surface area contributed by atoms with Gasteiger partial charge in [-0.15, -0.1) is 11.3 Å². The van der Waals surface area contributed by atoms with E-state index < -0.39 is 0 Å². The Hall–Kier alpha value is -1.95. The number of hydrogen-bond acceptors (Lipinski definition) is 4. The lowest BCUT2D eigenvalue weighted by atomic mass is 9.76. The number of hydrogen-bond donors (Lipinski definition) is 1. The molecule has 1 aliphatic carbocycles. The number of thiophene rings is 1.